The van der Waals surface area contributed by atoms with E-state index in [0.717, 1.165) is 17.0 Å². The molecule has 0 aliphatic carbocycles. The Morgan fingerprint density at radius 1 is 1.04 bits per heavy atom. The van der Waals surface area contributed by atoms with E-state index in [1.54, 1.807) is 6.92 Å². The lowest BCUT2D eigenvalue weighted by Gasteiger charge is -2.32. The third-order valence-electron chi connectivity index (χ3n) is 4.46. The molecular formula is C15H15F6NO3. The number of benzene rings is 1. The average molecular weight is 371 g/mol. The molecule has 2 rings (SSSR count). The van der Waals surface area contributed by atoms with Crippen LogP contribution in [0.25, 0.3) is 0 Å². The molecule has 1 fully saturated rings. The molecule has 0 saturated carbocycles. The van der Waals surface area contributed by atoms with Gasteiger partial charge in [0, 0.05) is 24.6 Å². The van der Waals surface area contributed by atoms with Crippen molar-refractivity contribution < 1.29 is 41.4 Å². The summed E-state index contributed by atoms with van der Waals surface area (Å²) in [4.78, 5) is 12.1. The van der Waals surface area contributed by atoms with Crippen LogP contribution < -0.4 is 0 Å². The zero-order valence-corrected chi connectivity index (χ0v) is 12.9. The summed E-state index contributed by atoms with van der Waals surface area (Å²) in [6.07, 6.45) is -13.0. The molecule has 2 atom stereocenters. The maximum atomic E-state index is 12.8. The Morgan fingerprint density at radius 2 is 1.52 bits per heavy atom. The standard InChI is InChI=1S/C15H15F6NO3/c1-8-6-22(12(23)24)7-11(8)9-2-4-10(5-3-9)13(25,14(16,17)18)15(19,20)21/h2-5,8,11,25H,6-7H2,1H3,(H,23,24). The fourth-order valence-electron chi connectivity index (χ4n) is 3.02. The molecule has 0 aromatic heterocycles. The van der Waals surface area contributed by atoms with E-state index in [2.05, 4.69) is 0 Å². The number of aliphatic hydroxyl groups is 1. The molecule has 25 heavy (non-hydrogen) atoms. The fourth-order valence-corrected chi connectivity index (χ4v) is 3.02. The van der Waals surface area contributed by atoms with E-state index < -0.39 is 29.6 Å². The van der Waals surface area contributed by atoms with Gasteiger partial charge in [0.05, 0.1) is 0 Å². The summed E-state index contributed by atoms with van der Waals surface area (Å²) in [5, 5.41) is 18.3. The van der Waals surface area contributed by atoms with Crippen molar-refractivity contribution in [2.75, 3.05) is 13.1 Å². The third kappa shape index (κ3) is 3.26. The van der Waals surface area contributed by atoms with Crippen LogP contribution in [0.3, 0.4) is 0 Å². The topological polar surface area (TPSA) is 60.8 Å². The van der Waals surface area contributed by atoms with Gasteiger partial charge in [-0.1, -0.05) is 31.2 Å². The Morgan fingerprint density at radius 3 is 1.88 bits per heavy atom. The minimum atomic E-state index is -5.94. The smallest absolute Gasteiger partial charge is 0.430 e. The molecule has 1 aromatic carbocycles. The van der Waals surface area contributed by atoms with Gasteiger partial charge in [0.1, 0.15) is 0 Å². The van der Waals surface area contributed by atoms with Crippen LogP contribution in [-0.4, -0.2) is 46.6 Å². The highest BCUT2D eigenvalue weighted by molar-refractivity contribution is 5.65. The van der Waals surface area contributed by atoms with Gasteiger partial charge in [0.15, 0.2) is 0 Å². The highest BCUT2D eigenvalue weighted by Crippen LogP contribution is 2.50. The molecule has 1 aliphatic heterocycles. The second-order valence-corrected chi connectivity index (χ2v) is 6.10. The number of carbonyl (C=O) groups is 1. The minimum absolute atomic E-state index is 0.0959. The van der Waals surface area contributed by atoms with Crippen molar-refractivity contribution in [3.05, 3.63) is 35.4 Å². The quantitative estimate of drug-likeness (QED) is 0.780. The Bertz CT molecular complexity index is 626. The van der Waals surface area contributed by atoms with E-state index in [9.17, 15) is 36.2 Å². The summed E-state index contributed by atoms with van der Waals surface area (Å²) in [7, 11) is 0. The van der Waals surface area contributed by atoms with Gasteiger partial charge in [0.25, 0.3) is 5.60 Å². The second-order valence-electron chi connectivity index (χ2n) is 6.10. The molecule has 1 aliphatic rings. The Balaban J connectivity index is 2.35. The average Bonchev–Trinajstić information content (AvgIpc) is 2.86. The normalized spacial score (nSPS) is 22.3. The van der Waals surface area contributed by atoms with Crippen LogP contribution >= 0.6 is 0 Å². The summed E-state index contributed by atoms with van der Waals surface area (Å²) in [5.41, 5.74) is -5.89. The highest BCUT2D eigenvalue weighted by atomic mass is 19.4. The first kappa shape index (κ1) is 19.4. The number of hydrogen-bond acceptors (Lipinski definition) is 2. The first-order valence-electron chi connectivity index (χ1n) is 7.23. The van der Waals surface area contributed by atoms with Gasteiger partial charge in [-0.3, -0.25) is 0 Å². The van der Waals surface area contributed by atoms with Crippen molar-refractivity contribution in [3.8, 4) is 0 Å². The number of halogens is 6. The maximum absolute atomic E-state index is 12.8. The van der Waals surface area contributed by atoms with E-state index in [-0.39, 0.29) is 24.9 Å². The van der Waals surface area contributed by atoms with Crippen LogP contribution in [0.2, 0.25) is 0 Å². The van der Waals surface area contributed by atoms with Crippen molar-refractivity contribution in [1.82, 2.24) is 4.90 Å². The lowest BCUT2D eigenvalue weighted by atomic mass is 9.86. The van der Waals surface area contributed by atoms with E-state index in [0.29, 0.717) is 17.7 Å². The van der Waals surface area contributed by atoms with Crippen LogP contribution in [-0.2, 0) is 5.60 Å². The number of rotatable bonds is 2. The van der Waals surface area contributed by atoms with Crippen LogP contribution in [0.4, 0.5) is 31.1 Å². The van der Waals surface area contributed by atoms with Crippen LogP contribution in [0.15, 0.2) is 24.3 Å². The monoisotopic (exact) mass is 371 g/mol. The predicted octanol–water partition coefficient (Wildman–Crippen LogP) is 3.71. The van der Waals surface area contributed by atoms with Gasteiger partial charge in [0.2, 0.25) is 0 Å². The first-order chi connectivity index (χ1) is 11.3. The highest BCUT2D eigenvalue weighted by Gasteiger charge is 2.71. The fraction of sp³-hybridized carbons (Fsp3) is 0.533. The predicted molar refractivity (Wildman–Crippen MR) is 74.0 cm³/mol. The molecule has 1 amide bonds. The number of likely N-dealkylation sites (tertiary alicyclic amines) is 1. The van der Waals surface area contributed by atoms with Crippen LogP contribution in [0, 0.1) is 5.92 Å². The number of hydrogen-bond donors (Lipinski definition) is 2. The number of amides is 1. The molecular weight excluding hydrogens is 356 g/mol. The van der Waals surface area contributed by atoms with Gasteiger partial charge in [-0.2, -0.15) is 26.3 Å². The van der Waals surface area contributed by atoms with E-state index >= 15 is 0 Å². The molecule has 2 unspecified atom stereocenters. The number of alkyl halides is 6. The van der Waals surface area contributed by atoms with Gasteiger partial charge >= 0.3 is 18.4 Å². The lowest BCUT2D eigenvalue weighted by molar-refractivity contribution is -0.376. The van der Waals surface area contributed by atoms with Crippen molar-refractivity contribution in [2.24, 2.45) is 5.92 Å². The van der Waals surface area contributed by atoms with Crippen molar-refractivity contribution in [2.45, 2.75) is 30.8 Å². The van der Waals surface area contributed by atoms with E-state index in [1.807, 2.05) is 0 Å². The summed E-state index contributed by atoms with van der Waals surface area (Å²) in [5.74, 6) is -0.499. The second kappa shape index (κ2) is 6.08. The molecule has 0 spiro atoms. The summed E-state index contributed by atoms with van der Waals surface area (Å²) < 4.78 is 77.1. The zero-order valence-electron chi connectivity index (χ0n) is 12.9. The number of nitrogens with zero attached hydrogens (tertiary/aromatic N) is 1. The molecule has 1 heterocycles. The molecule has 0 radical (unpaired) electrons. The molecule has 10 heteroatoms. The summed E-state index contributed by atoms with van der Waals surface area (Å²) in [6.45, 7) is 2.05. The molecule has 140 valence electrons. The first-order valence-corrected chi connectivity index (χ1v) is 7.23. The molecule has 1 aromatic rings. The molecule has 1 saturated heterocycles. The summed E-state index contributed by atoms with van der Waals surface area (Å²) >= 11 is 0. The molecule has 2 N–H and O–H groups in total. The van der Waals surface area contributed by atoms with Crippen LogP contribution in [0.5, 0.6) is 0 Å². The number of carboxylic acid groups (broad SMARTS) is 1. The zero-order chi connectivity index (χ0) is 19.2. The SMILES string of the molecule is CC1CN(C(=O)O)CC1c1ccc(C(O)(C(F)(F)F)C(F)(F)F)cc1. The Labute approximate surface area is 138 Å². The lowest BCUT2D eigenvalue weighted by Crippen LogP contribution is -2.53. The largest absolute Gasteiger partial charge is 0.465 e. The maximum Gasteiger partial charge on any atom is 0.430 e. The Hall–Kier alpha value is -1.97. The van der Waals surface area contributed by atoms with Crippen molar-refractivity contribution >= 4 is 6.09 Å². The minimum Gasteiger partial charge on any atom is -0.465 e. The summed E-state index contributed by atoms with van der Waals surface area (Å²) in [6, 6.07) is 3.27. The van der Waals surface area contributed by atoms with Gasteiger partial charge < -0.3 is 15.1 Å². The van der Waals surface area contributed by atoms with E-state index in [4.69, 9.17) is 5.11 Å². The van der Waals surface area contributed by atoms with Gasteiger partial charge in [-0.15, -0.1) is 0 Å². The van der Waals surface area contributed by atoms with Crippen molar-refractivity contribution in [3.63, 3.8) is 0 Å². The molecule has 4 nitrogen and oxygen atoms in total. The molecule has 0 bridgehead atoms. The van der Waals surface area contributed by atoms with Crippen LogP contribution in [0.1, 0.15) is 24.0 Å². The van der Waals surface area contributed by atoms with E-state index in [1.165, 1.54) is 0 Å². The van der Waals surface area contributed by atoms with Gasteiger partial charge in [-0.05, 0) is 11.5 Å². The Kier molecular flexibility index (Phi) is 4.71. The third-order valence-corrected chi connectivity index (χ3v) is 4.46. The van der Waals surface area contributed by atoms with Gasteiger partial charge in [-0.25, -0.2) is 4.79 Å². The van der Waals surface area contributed by atoms with Crippen molar-refractivity contribution in [1.29, 1.82) is 0 Å².